The van der Waals surface area contributed by atoms with Gasteiger partial charge >= 0.3 is 19.8 Å². The van der Waals surface area contributed by atoms with Gasteiger partial charge in [0, 0.05) is 0 Å². The summed E-state index contributed by atoms with van der Waals surface area (Å²) in [5.74, 6) is 0. The Labute approximate surface area is 135 Å². The second-order valence-corrected chi connectivity index (χ2v) is 4.54. The van der Waals surface area contributed by atoms with E-state index in [2.05, 4.69) is 0 Å². The first-order valence-corrected chi connectivity index (χ1v) is 7.41. The molecule has 0 radical (unpaired) electrons. The molecule has 0 rings (SSSR count). The summed E-state index contributed by atoms with van der Waals surface area (Å²) in [7, 11) is -19.8. The molecule has 0 aliphatic rings. The zero-order valence-corrected chi connectivity index (χ0v) is 14.0. The number of hydrogen-bond donors (Lipinski definition) is 0. The maximum atomic E-state index is 8.49. The minimum Gasteiger partial charge on any atom is -0.222 e. The topological polar surface area (TPSA) is 369 Å². The van der Waals surface area contributed by atoms with Gasteiger partial charge in [-0.05, 0) is 0 Å². The monoisotopic (exact) mass is 588 g/mol. The maximum Gasteiger partial charge on any atom is 4.00 e. The van der Waals surface area contributed by atoms with Crippen LogP contribution in [-0.4, -0.2) is 0 Å². The van der Waals surface area contributed by atoms with E-state index in [1.165, 1.54) is 0 Å². The van der Waals surface area contributed by atoms with Gasteiger partial charge in [-0.15, -0.1) is 41.0 Å². The third-order valence-corrected chi connectivity index (χ3v) is 0. The SMILES string of the molecule is [O-][Cl+3]([O-])([O-])[O-].[O-][Cl+3]([O-])([O-])[O-].[O-][Cl+3]([O-])([O-])[O-].[O-][Cl+3]([O-])([O-])[O-].[Os+4]. The number of rotatable bonds is 0. The molecule has 0 N–H and O–H groups in total. The molecule has 0 aliphatic heterocycles. The van der Waals surface area contributed by atoms with Crippen LogP contribution >= 0.6 is 0 Å². The van der Waals surface area contributed by atoms with E-state index >= 15 is 0 Å². The Bertz CT molecular complexity index is 130. The van der Waals surface area contributed by atoms with Gasteiger partial charge in [0.2, 0.25) is 0 Å². The molecule has 21 heavy (non-hydrogen) atoms. The van der Waals surface area contributed by atoms with Gasteiger partial charge in [-0.3, -0.25) is 0 Å². The smallest absolute Gasteiger partial charge is 0.222 e. The van der Waals surface area contributed by atoms with Crippen LogP contribution < -0.4 is 74.5 Å². The van der Waals surface area contributed by atoms with E-state index in [1.54, 1.807) is 0 Å². The molecule has 0 aromatic heterocycles. The van der Waals surface area contributed by atoms with E-state index in [-0.39, 0.29) is 19.8 Å². The molecule has 0 fully saturated rings. The Kier molecular flexibility index (Phi) is 21.8. The van der Waals surface area contributed by atoms with Crippen LogP contribution in [0.4, 0.5) is 0 Å². The number of halogens is 4. The average molecular weight is 588 g/mol. The van der Waals surface area contributed by atoms with Crippen molar-refractivity contribution in [3.05, 3.63) is 0 Å². The third kappa shape index (κ3) is 5810. The third-order valence-electron chi connectivity index (χ3n) is 0. The molecular formula is Cl4O16Os. The predicted molar refractivity (Wildman–Crippen MR) is 0 cm³/mol. The van der Waals surface area contributed by atoms with Gasteiger partial charge in [-0.1, -0.05) is 0 Å². The van der Waals surface area contributed by atoms with E-state index in [1.807, 2.05) is 0 Å². The zero-order chi connectivity index (χ0) is 18.0. The first kappa shape index (κ1) is 33.7. The molecular weight excluding hydrogens is 588 g/mol. The molecule has 0 spiro atoms. The molecule has 0 aliphatic carbocycles. The van der Waals surface area contributed by atoms with Gasteiger partial charge in [-0.25, -0.2) is 74.5 Å². The van der Waals surface area contributed by atoms with Gasteiger partial charge in [0.15, 0.2) is 0 Å². The van der Waals surface area contributed by atoms with Crippen molar-refractivity contribution < 1.29 is 135 Å². The molecule has 16 nitrogen and oxygen atoms in total. The second kappa shape index (κ2) is 13.6. The molecule has 0 atom stereocenters. The van der Waals surface area contributed by atoms with Crippen LogP contribution in [0.25, 0.3) is 0 Å². The predicted octanol–water partition coefficient (Wildman–Crippen LogP) is -19.0. The van der Waals surface area contributed by atoms with E-state index in [0.717, 1.165) is 0 Å². The molecule has 21 heteroatoms. The summed E-state index contributed by atoms with van der Waals surface area (Å²) in [4.78, 5) is 0. The molecule has 0 aromatic carbocycles. The minimum absolute atomic E-state index is 0. The fourth-order valence-corrected chi connectivity index (χ4v) is 0. The first-order chi connectivity index (χ1) is 8.00. The summed E-state index contributed by atoms with van der Waals surface area (Å²) in [5.41, 5.74) is 0. The van der Waals surface area contributed by atoms with Gasteiger partial charge in [0.25, 0.3) is 0 Å². The van der Waals surface area contributed by atoms with Gasteiger partial charge in [-0.2, -0.15) is 0 Å². The average Bonchev–Trinajstić information content (AvgIpc) is 1.62. The van der Waals surface area contributed by atoms with Crippen LogP contribution in [0.2, 0.25) is 0 Å². The Morgan fingerprint density at radius 1 is 0.238 bits per heavy atom. The van der Waals surface area contributed by atoms with Crippen molar-refractivity contribution in [1.29, 1.82) is 0 Å². The molecule has 0 saturated heterocycles. The maximum absolute atomic E-state index is 8.49. The van der Waals surface area contributed by atoms with Crippen molar-refractivity contribution in [3.8, 4) is 0 Å². The van der Waals surface area contributed by atoms with E-state index < -0.39 is 41.0 Å². The van der Waals surface area contributed by atoms with Crippen LogP contribution in [0, 0.1) is 41.0 Å². The van der Waals surface area contributed by atoms with Crippen LogP contribution in [0.5, 0.6) is 0 Å². The molecule has 0 amide bonds. The summed E-state index contributed by atoms with van der Waals surface area (Å²) >= 11 is 0. The van der Waals surface area contributed by atoms with E-state index in [4.69, 9.17) is 74.5 Å². The van der Waals surface area contributed by atoms with Crippen LogP contribution in [0.3, 0.4) is 0 Å². The molecule has 0 saturated carbocycles. The van der Waals surface area contributed by atoms with Crippen molar-refractivity contribution in [1.82, 2.24) is 0 Å². The first-order valence-electron chi connectivity index (χ1n) is 2.47. The van der Waals surface area contributed by atoms with E-state index in [9.17, 15) is 0 Å². The van der Waals surface area contributed by atoms with Crippen LogP contribution in [0.15, 0.2) is 0 Å². The number of hydrogen-bond acceptors (Lipinski definition) is 16. The molecule has 0 heterocycles. The quantitative estimate of drug-likeness (QED) is 0.253. The molecule has 0 bridgehead atoms. The normalized spacial score (nSPS) is 11.4. The Morgan fingerprint density at radius 2 is 0.238 bits per heavy atom. The van der Waals surface area contributed by atoms with Crippen molar-refractivity contribution in [2.45, 2.75) is 0 Å². The second-order valence-electron chi connectivity index (χ2n) is 1.51. The van der Waals surface area contributed by atoms with Gasteiger partial charge in [0.1, 0.15) is 0 Å². The van der Waals surface area contributed by atoms with Crippen molar-refractivity contribution in [2.75, 3.05) is 0 Å². The zero-order valence-electron chi connectivity index (χ0n) is 8.40. The van der Waals surface area contributed by atoms with Crippen molar-refractivity contribution in [2.24, 2.45) is 0 Å². The molecule has 132 valence electrons. The Morgan fingerprint density at radius 3 is 0.238 bits per heavy atom. The fourth-order valence-electron chi connectivity index (χ4n) is 0. The Hall–Kier alpha value is 1.16. The summed E-state index contributed by atoms with van der Waals surface area (Å²) in [6.07, 6.45) is 0. The largest absolute Gasteiger partial charge is 4.00 e. The van der Waals surface area contributed by atoms with Crippen molar-refractivity contribution >= 4 is 0 Å². The van der Waals surface area contributed by atoms with E-state index in [0.29, 0.717) is 0 Å². The van der Waals surface area contributed by atoms with Gasteiger partial charge in [0.05, 0.1) is 0 Å². The Balaban J connectivity index is -0.0000000533. The van der Waals surface area contributed by atoms with Crippen LogP contribution in [0.1, 0.15) is 0 Å². The fraction of sp³-hybridized carbons (Fsp3) is 0. The summed E-state index contributed by atoms with van der Waals surface area (Å²) in [5, 5.41) is 0. The molecule has 0 unspecified atom stereocenters. The molecule has 0 aromatic rings. The minimum atomic E-state index is -4.94. The van der Waals surface area contributed by atoms with Crippen molar-refractivity contribution in [3.63, 3.8) is 0 Å². The van der Waals surface area contributed by atoms with Crippen LogP contribution in [-0.2, 0) is 19.8 Å². The standard InChI is InChI=1S/4ClHO4.Os/c4*2-1(3,4)5;/h4*(H,2,3,4,5);/q;;;;+4/p-4. The summed E-state index contributed by atoms with van der Waals surface area (Å²) < 4.78 is 136. The summed E-state index contributed by atoms with van der Waals surface area (Å²) in [6, 6.07) is 0. The van der Waals surface area contributed by atoms with Gasteiger partial charge < -0.3 is 0 Å². The summed E-state index contributed by atoms with van der Waals surface area (Å²) in [6.45, 7) is 0.